The minimum absolute atomic E-state index is 0.0454. The van der Waals surface area contributed by atoms with Gasteiger partial charge < -0.3 is 26.2 Å². The summed E-state index contributed by atoms with van der Waals surface area (Å²) in [6.07, 6.45) is -1.90. The number of amides is 1. The molecule has 0 aromatic heterocycles. The van der Waals surface area contributed by atoms with E-state index < -0.39 is 81.8 Å². The fraction of sp³-hybridized carbons (Fsp3) is 0.500. The average molecular weight is 460 g/mol. The lowest BCUT2D eigenvalue weighted by Gasteiger charge is -2.57. The molecule has 2 unspecified atom stereocenters. The quantitative estimate of drug-likeness (QED) is 0.294. The Morgan fingerprint density at radius 3 is 2.21 bits per heavy atom. The number of phenols is 1. The van der Waals surface area contributed by atoms with Gasteiger partial charge in [-0.05, 0) is 32.6 Å². The normalized spacial score (nSPS) is 40.3. The van der Waals surface area contributed by atoms with Gasteiger partial charge in [0.2, 0.25) is 5.91 Å². The van der Waals surface area contributed by atoms with Crippen molar-refractivity contribution in [3.05, 3.63) is 29.3 Å². The number of aromatic hydroxyl groups is 1. The number of nitrogens with zero attached hydrogens (tertiary/aromatic N) is 1. The van der Waals surface area contributed by atoms with Crippen LogP contribution in [0.1, 0.15) is 22.8 Å². The minimum Gasteiger partial charge on any atom is -0.507 e. The van der Waals surface area contributed by atoms with E-state index in [2.05, 4.69) is 0 Å². The van der Waals surface area contributed by atoms with Gasteiger partial charge in [-0.1, -0.05) is 12.1 Å². The van der Waals surface area contributed by atoms with Crippen LogP contribution in [-0.4, -0.2) is 86.2 Å². The minimum atomic E-state index is -3.10. The summed E-state index contributed by atoms with van der Waals surface area (Å²) in [5.74, 6) is -14.2. The van der Waals surface area contributed by atoms with Crippen LogP contribution >= 0.6 is 0 Å². The van der Waals surface area contributed by atoms with Crippen LogP contribution in [0.15, 0.2) is 18.2 Å². The number of primary amides is 1. The van der Waals surface area contributed by atoms with E-state index in [1.54, 1.807) is 0 Å². The van der Waals surface area contributed by atoms with E-state index in [1.807, 2.05) is 0 Å². The summed E-state index contributed by atoms with van der Waals surface area (Å²) in [6.45, 7) is 1.24. The van der Waals surface area contributed by atoms with Gasteiger partial charge in [-0.2, -0.15) is 0 Å². The second-order valence-corrected chi connectivity index (χ2v) is 9.37. The summed E-state index contributed by atoms with van der Waals surface area (Å²) < 4.78 is 0. The molecule has 0 heterocycles. The number of aliphatic hydroxyl groups excluding tert-OH is 1. The molecule has 11 heteroatoms. The van der Waals surface area contributed by atoms with Crippen LogP contribution in [0.2, 0.25) is 0 Å². The van der Waals surface area contributed by atoms with Crippen molar-refractivity contribution in [1.82, 2.24) is 4.90 Å². The highest BCUT2D eigenvalue weighted by atomic mass is 16.3. The molecule has 3 aliphatic rings. The molecular formula is C22H24N2O9. The lowest BCUT2D eigenvalue weighted by atomic mass is 9.48. The SMILES string of the molecule is CN(C)[C@H]1C(=O)C(C(N)=O)C(=O)[C@@]2(O)C(=O)C3C(=O)c4c(O)cccc4[C@](C)(O)[C@H]3[C@@H](O)[C@@H]12. The summed E-state index contributed by atoms with van der Waals surface area (Å²) in [7, 11) is 2.77. The van der Waals surface area contributed by atoms with E-state index in [1.165, 1.54) is 44.1 Å². The molecule has 33 heavy (non-hydrogen) atoms. The maximum Gasteiger partial charge on any atom is 0.235 e. The molecule has 11 nitrogen and oxygen atoms in total. The van der Waals surface area contributed by atoms with Gasteiger partial charge in [-0.25, -0.2) is 0 Å². The predicted molar refractivity (Wildman–Crippen MR) is 109 cm³/mol. The van der Waals surface area contributed by atoms with E-state index in [0.29, 0.717) is 0 Å². The van der Waals surface area contributed by atoms with Crippen molar-refractivity contribution >= 4 is 29.0 Å². The number of Topliss-reactive ketones (excluding diaryl/α,β-unsaturated/α-hetero) is 4. The molecule has 0 radical (unpaired) electrons. The monoisotopic (exact) mass is 460 g/mol. The first-order valence-electron chi connectivity index (χ1n) is 10.3. The summed E-state index contributed by atoms with van der Waals surface area (Å²) >= 11 is 0. The van der Waals surface area contributed by atoms with Gasteiger partial charge in [0.25, 0.3) is 0 Å². The summed E-state index contributed by atoms with van der Waals surface area (Å²) in [5, 5.41) is 44.5. The second-order valence-electron chi connectivity index (χ2n) is 9.37. The van der Waals surface area contributed by atoms with Crippen LogP contribution in [0.3, 0.4) is 0 Å². The molecule has 1 aromatic carbocycles. The van der Waals surface area contributed by atoms with Crippen LogP contribution in [0, 0.1) is 23.7 Å². The molecule has 0 spiro atoms. The van der Waals surface area contributed by atoms with E-state index in [-0.39, 0.29) is 11.1 Å². The molecule has 176 valence electrons. The number of benzene rings is 1. The Balaban J connectivity index is 2.01. The lowest BCUT2D eigenvalue weighted by Crippen LogP contribution is -2.78. The van der Waals surface area contributed by atoms with Crippen molar-refractivity contribution in [2.45, 2.75) is 30.3 Å². The van der Waals surface area contributed by atoms with Crippen LogP contribution < -0.4 is 5.73 Å². The average Bonchev–Trinajstić information content (AvgIpc) is 2.70. The van der Waals surface area contributed by atoms with Crippen molar-refractivity contribution in [3.8, 4) is 5.75 Å². The fourth-order valence-electron chi connectivity index (χ4n) is 5.97. The zero-order valence-electron chi connectivity index (χ0n) is 18.1. The Morgan fingerprint density at radius 1 is 1.06 bits per heavy atom. The highest BCUT2D eigenvalue weighted by Crippen LogP contribution is 2.55. The fourth-order valence-corrected chi connectivity index (χ4v) is 5.97. The highest BCUT2D eigenvalue weighted by Gasteiger charge is 2.74. The highest BCUT2D eigenvalue weighted by molar-refractivity contribution is 6.32. The number of carbonyl (C=O) groups excluding carboxylic acids is 5. The van der Waals surface area contributed by atoms with Gasteiger partial charge in [0.1, 0.15) is 5.75 Å². The Hall–Kier alpha value is -2.99. The lowest BCUT2D eigenvalue weighted by molar-refractivity contribution is -0.210. The third kappa shape index (κ3) is 2.67. The first-order valence-corrected chi connectivity index (χ1v) is 10.3. The number of phenolic OH excluding ortho intramolecular Hbond substituents is 1. The van der Waals surface area contributed by atoms with Crippen LogP contribution in [0.25, 0.3) is 0 Å². The molecule has 8 atom stereocenters. The number of aliphatic hydroxyl groups is 3. The van der Waals surface area contributed by atoms with Gasteiger partial charge in [0, 0.05) is 5.92 Å². The van der Waals surface area contributed by atoms with Crippen LogP contribution in [0.5, 0.6) is 5.75 Å². The molecule has 1 aromatic rings. The first-order chi connectivity index (χ1) is 15.2. The van der Waals surface area contributed by atoms with Crippen molar-refractivity contribution in [3.63, 3.8) is 0 Å². The maximum absolute atomic E-state index is 13.7. The van der Waals surface area contributed by atoms with Crippen molar-refractivity contribution in [2.75, 3.05) is 14.1 Å². The molecule has 4 rings (SSSR count). The van der Waals surface area contributed by atoms with Crippen molar-refractivity contribution in [2.24, 2.45) is 29.4 Å². The molecule has 1 amide bonds. The van der Waals surface area contributed by atoms with Crippen molar-refractivity contribution in [1.29, 1.82) is 0 Å². The zero-order chi connectivity index (χ0) is 24.8. The third-order valence-corrected chi connectivity index (χ3v) is 7.40. The van der Waals surface area contributed by atoms with Crippen LogP contribution in [-0.2, 0) is 24.8 Å². The number of hydrogen-bond donors (Lipinski definition) is 5. The van der Waals surface area contributed by atoms with Crippen LogP contribution in [0.4, 0.5) is 0 Å². The number of carbonyl (C=O) groups is 5. The Morgan fingerprint density at radius 2 is 1.67 bits per heavy atom. The Labute approximate surface area is 187 Å². The second kappa shape index (κ2) is 7.00. The van der Waals surface area contributed by atoms with Gasteiger partial charge in [0.05, 0.1) is 35.1 Å². The summed E-state index contributed by atoms with van der Waals surface area (Å²) in [4.78, 5) is 66.4. The standard InChI is InChI=1S/C22H24N2O9/c1-21(32)7-5-4-6-8(25)9(7)15(26)10-12(21)17(28)13-14(24(2)3)16(27)11(20(23)31)19(30)22(13,33)18(10)29/h4-6,10-14,17,25,28,32-33H,1-3H3,(H2,23,31)/t10?,11?,12-,13-,14-,17-,21+,22+/m1/s1. The number of nitrogens with two attached hydrogens (primary N) is 1. The molecule has 2 fully saturated rings. The zero-order valence-corrected chi connectivity index (χ0v) is 18.1. The first kappa shape index (κ1) is 23.2. The van der Waals surface area contributed by atoms with Crippen molar-refractivity contribution < 1.29 is 44.4 Å². The molecule has 3 aliphatic carbocycles. The molecule has 0 aliphatic heterocycles. The van der Waals surface area contributed by atoms with E-state index in [9.17, 15) is 44.4 Å². The maximum atomic E-state index is 13.7. The van der Waals surface area contributed by atoms with Gasteiger partial charge in [-0.15, -0.1) is 0 Å². The molecular weight excluding hydrogens is 436 g/mol. The van der Waals surface area contributed by atoms with Gasteiger partial charge in [-0.3, -0.25) is 28.9 Å². The topological polar surface area (TPSA) is 196 Å². The number of likely N-dealkylation sites (N-methyl/N-ethyl adjacent to an activating group) is 1. The van der Waals surface area contributed by atoms with E-state index in [0.717, 1.165) is 0 Å². The Bertz CT molecular complexity index is 1130. The predicted octanol–water partition coefficient (Wildman–Crippen LogP) is -2.50. The molecule has 0 bridgehead atoms. The number of hydrogen-bond acceptors (Lipinski definition) is 10. The summed E-state index contributed by atoms with van der Waals surface area (Å²) in [5.41, 5.74) is -0.350. The number of fused-ring (bicyclic) bond motifs is 3. The third-order valence-electron chi connectivity index (χ3n) is 7.40. The number of rotatable bonds is 2. The smallest absolute Gasteiger partial charge is 0.235 e. The Kier molecular flexibility index (Phi) is 4.92. The molecule has 6 N–H and O–H groups in total. The van der Waals surface area contributed by atoms with Gasteiger partial charge >= 0.3 is 0 Å². The van der Waals surface area contributed by atoms with E-state index >= 15 is 0 Å². The van der Waals surface area contributed by atoms with Gasteiger partial charge in [0.15, 0.2) is 34.7 Å². The molecule has 0 saturated heterocycles. The number of ketones is 4. The summed E-state index contributed by atoms with van der Waals surface area (Å²) in [6, 6.07) is 2.40. The molecule has 2 saturated carbocycles. The largest absolute Gasteiger partial charge is 0.507 e. The van der Waals surface area contributed by atoms with E-state index in [4.69, 9.17) is 5.73 Å².